The van der Waals surface area contributed by atoms with Gasteiger partial charge in [0.15, 0.2) is 0 Å². The second kappa shape index (κ2) is 6.12. The summed E-state index contributed by atoms with van der Waals surface area (Å²) in [5, 5.41) is 0. The summed E-state index contributed by atoms with van der Waals surface area (Å²) in [6.45, 7) is 1.26. The van der Waals surface area contributed by atoms with Crippen LogP contribution in [0, 0.1) is 11.7 Å². The normalized spacial score (nSPS) is 24.8. The molecule has 2 unspecified atom stereocenters. The molecule has 94 valence electrons. The van der Waals surface area contributed by atoms with Gasteiger partial charge in [0.05, 0.1) is 12.7 Å². The van der Waals surface area contributed by atoms with E-state index in [1.54, 1.807) is 12.1 Å². The fraction of sp³-hybridized carbons (Fsp3) is 0.571. The van der Waals surface area contributed by atoms with Crippen LogP contribution in [0.5, 0.6) is 0 Å². The van der Waals surface area contributed by atoms with Crippen LogP contribution < -0.4 is 5.73 Å². The third-order valence-corrected chi connectivity index (χ3v) is 3.52. The lowest BCUT2D eigenvalue weighted by Gasteiger charge is -2.30. The molecule has 0 spiro atoms. The topological polar surface area (TPSA) is 35.2 Å². The molecule has 1 aromatic rings. The third kappa shape index (κ3) is 3.51. The van der Waals surface area contributed by atoms with Crippen molar-refractivity contribution >= 4 is 0 Å². The summed E-state index contributed by atoms with van der Waals surface area (Å²) in [7, 11) is 0. The summed E-state index contributed by atoms with van der Waals surface area (Å²) in [4.78, 5) is 0. The van der Waals surface area contributed by atoms with Gasteiger partial charge >= 0.3 is 0 Å². The van der Waals surface area contributed by atoms with Gasteiger partial charge in [0, 0.05) is 0 Å². The Balaban J connectivity index is 1.86. The van der Waals surface area contributed by atoms with Crippen molar-refractivity contribution in [2.75, 3.05) is 6.54 Å². The van der Waals surface area contributed by atoms with Crippen LogP contribution >= 0.6 is 0 Å². The summed E-state index contributed by atoms with van der Waals surface area (Å²) >= 11 is 0. The van der Waals surface area contributed by atoms with Gasteiger partial charge in [-0.2, -0.15) is 0 Å². The molecule has 0 radical (unpaired) electrons. The van der Waals surface area contributed by atoms with Crippen molar-refractivity contribution in [3.8, 4) is 0 Å². The average molecular weight is 237 g/mol. The number of rotatable bonds is 4. The van der Waals surface area contributed by atoms with Crippen LogP contribution in [0.4, 0.5) is 4.39 Å². The van der Waals surface area contributed by atoms with Crippen LogP contribution in [0.3, 0.4) is 0 Å². The highest BCUT2D eigenvalue weighted by atomic mass is 19.1. The number of hydrogen-bond acceptors (Lipinski definition) is 2. The van der Waals surface area contributed by atoms with Crippen molar-refractivity contribution in [1.82, 2.24) is 0 Å². The van der Waals surface area contributed by atoms with Crippen molar-refractivity contribution in [3.63, 3.8) is 0 Å². The first-order chi connectivity index (χ1) is 8.29. The summed E-state index contributed by atoms with van der Waals surface area (Å²) < 4.78 is 18.7. The minimum absolute atomic E-state index is 0.203. The van der Waals surface area contributed by atoms with E-state index >= 15 is 0 Å². The van der Waals surface area contributed by atoms with Crippen LogP contribution in [0.2, 0.25) is 0 Å². The Morgan fingerprint density at radius 3 is 2.59 bits per heavy atom. The maximum absolute atomic E-state index is 12.7. The Morgan fingerprint density at radius 2 is 1.88 bits per heavy atom. The lowest BCUT2D eigenvalue weighted by atomic mass is 9.86. The van der Waals surface area contributed by atoms with E-state index in [4.69, 9.17) is 10.5 Å². The van der Waals surface area contributed by atoms with Crippen LogP contribution in [-0.2, 0) is 11.3 Å². The molecular formula is C14H20FNO. The van der Waals surface area contributed by atoms with Gasteiger partial charge in [-0.25, -0.2) is 4.39 Å². The van der Waals surface area contributed by atoms with Crippen molar-refractivity contribution in [2.45, 2.75) is 38.4 Å². The minimum atomic E-state index is -0.203. The zero-order valence-electron chi connectivity index (χ0n) is 10.1. The van der Waals surface area contributed by atoms with Crippen molar-refractivity contribution in [1.29, 1.82) is 0 Å². The van der Waals surface area contributed by atoms with E-state index in [1.807, 2.05) is 0 Å². The average Bonchev–Trinajstić information content (AvgIpc) is 2.38. The molecule has 17 heavy (non-hydrogen) atoms. The zero-order valence-corrected chi connectivity index (χ0v) is 10.1. The summed E-state index contributed by atoms with van der Waals surface area (Å²) in [5.41, 5.74) is 6.77. The summed E-state index contributed by atoms with van der Waals surface area (Å²) in [6.07, 6.45) is 5.04. The molecule has 2 N–H and O–H groups in total. The van der Waals surface area contributed by atoms with E-state index in [0.717, 1.165) is 12.0 Å². The number of benzene rings is 1. The monoisotopic (exact) mass is 237 g/mol. The Hall–Kier alpha value is -0.930. The van der Waals surface area contributed by atoms with Crippen LogP contribution in [-0.4, -0.2) is 12.6 Å². The molecule has 3 heteroatoms. The number of hydrogen-bond donors (Lipinski definition) is 1. The van der Waals surface area contributed by atoms with E-state index in [9.17, 15) is 4.39 Å². The van der Waals surface area contributed by atoms with Gasteiger partial charge in [-0.3, -0.25) is 0 Å². The zero-order chi connectivity index (χ0) is 12.1. The van der Waals surface area contributed by atoms with Gasteiger partial charge in [-0.15, -0.1) is 0 Å². The largest absolute Gasteiger partial charge is 0.373 e. The van der Waals surface area contributed by atoms with Crippen LogP contribution in [0.1, 0.15) is 31.2 Å². The molecule has 2 rings (SSSR count). The van der Waals surface area contributed by atoms with Crippen molar-refractivity contribution in [3.05, 3.63) is 35.6 Å². The Bertz CT molecular complexity index is 339. The highest BCUT2D eigenvalue weighted by molar-refractivity contribution is 5.15. The minimum Gasteiger partial charge on any atom is -0.373 e. The van der Waals surface area contributed by atoms with E-state index in [0.29, 0.717) is 19.1 Å². The molecule has 2 atom stereocenters. The first-order valence-corrected chi connectivity index (χ1v) is 6.35. The van der Waals surface area contributed by atoms with Crippen LogP contribution in [0.25, 0.3) is 0 Å². The predicted molar refractivity (Wildman–Crippen MR) is 66.0 cm³/mol. The van der Waals surface area contributed by atoms with Crippen LogP contribution in [0.15, 0.2) is 24.3 Å². The second-order valence-corrected chi connectivity index (χ2v) is 4.76. The van der Waals surface area contributed by atoms with Gasteiger partial charge in [0.25, 0.3) is 0 Å². The molecule has 1 saturated carbocycles. The highest BCUT2D eigenvalue weighted by Gasteiger charge is 2.24. The first kappa shape index (κ1) is 12.5. The van der Waals surface area contributed by atoms with Gasteiger partial charge in [-0.05, 0) is 43.0 Å². The van der Waals surface area contributed by atoms with Crippen molar-refractivity contribution < 1.29 is 9.13 Å². The predicted octanol–water partition coefficient (Wildman–Crippen LogP) is 2.86. The molecule has 0 heterocycles. The molecule has 2 nitrogen and oxygen atoms in total. The molecule has 0 amide bonds. The Labute approximate surface area is 102 Å². The van der Waals surface area contributed by atoms with E-state index in [1.165, 1.54) is 31.4 Å². The molecular weight excluding hydrogens is 217 g/mol. The molecule has 1 aromatic carbocycles. The number of nitrogens with two attached hydrogens (primary N) is 1. The molecule has 1 fully saturated rings. The van der Waals surface area contributed by atoms with Gasteiger partial charge in [0.1, 0.15) is 5.82 Å². The molecule has 1 aliphatic carbocycles. The SMILES string of the molecule is NCC1CCCCC1OCc1ccc(F)cc1. The summed E-state index contributed by atoms with van der Waals surface area (Å²) in [5.74, 6) is 0.287. The van der Waals surface area contributed by atoms with Gasteiger partial charge < -0.3 is 10.5 Å². The Morgan fingerprint density at radius 1 is 1.18 bits per heavy atom. The molecule has 0 aromatic heterocycles. The van der Waals surface area contributed by atoms with E-state index < -0.39 is 0 Å². The molecule has 0 bridgehead atoms. The van der Waals surface area contributed by atoms with Gasteiger partial charge in [-0.1, -0.05) is 25.0 Å². The Kier molecular flexibility index (Phi) is 4.51. The number of halogens is 1. The van der Waals surface area contributed by atoms with Crippen molar-refractivity contribution in [2.24, 2.45) is 11.7 Å². The lowest BCUT2D eigenvalue weighted by Crippen LogP contribution is -2.33. The highest BCUT2D eigenvalue weighted by Crippen LogP contribution is 2.26. The molecule has 1 aliphatic rings. The van der Waals surface area contributed by atoms with Gasteiger partial charge in [0.2, 0.25) is 0 Å². The maximum Gasteiger partial charge on any atom is 0.123 e. The number of ether oxygens (including phenoxy) is 1. The van der Waals surface area contributed by atoms with E-state index in [-0.39, 0.29) is 11.9 Å². The quantitative estimate of drug-likeness (QED) is 0.874. The second-order valence-electron chi connectivity index (χ2n) is 4.76. The van der Waals surface area contributed by atoms with E-state index in [2.05, 4.69) is 0 Å². The lowest BCUT2D eigenvalue weighted by molar-refractivity contribution is -0.0183. The fourth-order valence-electron chi connectivity index (χ4n) is 2.45. The summed E-state index contributed by atoms with van der Waals surface area (Å²) in [6, 6.07) is 6.49. The molecule has 0 aliphatic heterocycles. The smallest absolute Gasteiger partial charge is 0.123 e. The maximum atomic E-state index is 12.7. The molecule has 0 saturated heterocycles. The standard InChI is InChI=1S/C14H20FNO/c15-13-7-5-11(6-8-13)10-17-14-4-2-1-3-12(14)9-16/h5-8,12,14H,1-4,9-10,16H2. The fourth-order valence-corrected chi connectivity index (χ4v) is 2.45. The third-order valence-electron chi connectivity index (χ3n) is 3.52. The first-order valence-electron chi connectivity index (χ1n) is 6.35.